The average Bonchev–Trinajstić information content (AvgIpc) is 2.61. The van der Waals surface area contributed by atoms with Gasteiger partial charge in [-0.2, -0.15) is 0 Å². The second-order valence-electron chi connectivity index (χ2n) is 4.37. The lowest BCUT2D eigenvalue weighted by atomic mass is 10.1. The highest BCUT2D eigenvalue weighted by Crippen LogP contribution is 2.23. The van der Waals surface area contributed by atoms with Gasteiger partial charge in [-0.3, -0.25) is 0 Å². The molecule has 2 N–H and O–H groups in total. The molecule has 1 aliphatic rings. The van der Waals surface area contributed by atoms with Crippen molar-refractivity contribution in [2.45, 2.75) is 32.1 Å². The van der Waals surface area contributed by atoms with Crippen molar-refractivity contribution in [2.24, 2.45) is 5.92 Å². The third kappa shape index (κ3) is 6.87. The van der Waals surface area contributed by atoms with Crippen LogP contribution in [0, 0.1) is 5.92 Å². The molecule has 0 spiro atoms. The molecule has 1 aliphatic carbocycles. The number of hydrogen-bond acceptors (Lipinski definition) is 3. The fourth-order valence-electron chi connectivity index (χ4n) is 1.99. The Morgan fingerprint density at radius 1 is 1.20 bits per heavy atom. The van der Waals surface area contributed by atoms with Crippen molar-refractivity contribution in [3.63, 3.8) is 0 Å². The molecular formula is C10H22N2O2S. The second kappa shape index (κ2) is 6.45. The van der Waals surface area contributed by atoms with Crippen molar-refractivity contribution in [2.75, 3.05) is 25.9 Å². The summed E-state index contributed by atoms with van der Waals surface area (Å²) in [6.45, 7) is 2.54. The Kier molecular flexibility index (Phi) is 5.56. The fraction of sp³-hybridized carbons (Fsp3) is 1.00. The van der Waals surface area contributed by atoms with E-state index < -0.39 is 10.0 Å². The van der Waals surface area contributed by atoms with Gasteiger partial charge in [0.25, 0.3) is 0 Å². The summed E-state index contributed by atoms with van der Waals surface area (Å²) >= 11 is 0. The lowest BCUT2D eigenvalue weighted by molar-refractivity contribution is 0.485. The van der Waals surface area contributed by atoms with Crippen molar-refractivity contribution in [1.29, 1.82) is 0 Å². The van der Waals surface area contributed by atoms with Crippen LogP contribution in [0.4, 0.5) is 0 Å². The normalized spacial score (nSPS) is 18.5. The summed E-state index contributed by atoms with van der Waals surface area (Å²) in [6, 6.07) is 0. The summed E-state index contributed by atoms with van der Waals surface area (Å²) in [5, 5.41) is 3.38. The molecular weight excluding hydrogens is 212 g/mol. The van der Waals surface area contributed by atoms with Crippen LogP contribution in [0.1, 0.15) is 32.1 Å². The molecule has 0 saturated heterocycles. The Morgan fingerprint density at radius 3 is 2.47 bits per heavy atom. The van der Waals surface area contributed by atoms with Gasteiger partial charge in [-0.05, 0) is 38.3 Å². The van der Waals surface area contributed by atoms with Gasteiger partial charge < -0.3 is 5.32 Å². The molecule has 1 saturated carbocycles. The van der Waals surface area contributed by atoms with E-state index >= 15 is 0 Å². The topological polar surface area (TPSA) is 58.2 Å². The van der Waals surface area contributed by atoms with E-state index in [9.17, 15) is 8.42 Å². The Labute approximate surface area is 92.9 Å². The summed E-state index contributed by atoms with van der Waals surface area (Å²) in [4.78, 5) is 0. The van der Waals surface area contributed by atoms with E-state index in [0.29, 0.717) is 6.54 Å². The molecule has 1 rings (SSSR count). The van der Waals surface area contributed by atoms with Crippen molar-refractivity contribution in [3.8, 4) is 0 Å². The van der Waals surface area contributed by atoms with E-state index in [1.165, 1.54) is 31.9 Å². The largest absolute Gasteiger partial charge is 0.316 e. The Morgan fingerprint density at radius 2 is 1.87 bits per heavy atom. The number of hydrogen-bond donors (Lipinski definition) is 2. The molecule has 0 atom stereocenters. The molecule has 0 aromatic carbocycles. The van der Waals surface area contributed by atoms with Gasteiger partial charge in [0.15, 0.2) is 0 Å². The maximum absolute atomic E-state index is 10.7. The maximum Gasteiger partial charge on any atom is 0.208 e. The smallest absolute Gasteiger partial charge is 0.208 e. The second-order valence-corrected chi connectivity index (χ2v) is 6.21. The van der Waals surface area contributed by atoms with E-state index in [2.05, 4.69) is 10.0 Å². The molecule has 0 radical (unpaired) electrons. The van der Waals surface area contributed by atoms with Crippen LogP contribution >= 0.6 is 0 Å². The highest BCUT2D eigenvalue weighted by atomic mass is 32.2. The highest BCUT2D eigenvalue weighted by molar-refractivity contribution is 7.88. The molecule has 15 heavy (non-hydrogen) atoms. The molecule has 0 unspecified atom stereocenters. The highest BCUT2D eigenvalue weighted by Gasteiger charge is 2.13. The molecule has 0 aliphatic heterocycles. The van der Waals surface area contributed by atoms with Crippen LogP contribution in [0.3, 0.4) is 0 Å². The summed E-state index contributed by atoms with van der Waals surface area (Å²) in [7, 11) is -3.00. The monoisotopic (exact) mass is 234 g/mol. The van der Waals surface area contributed by atoms with E-state index in [4.69, 9.17) is 0 Å². The molecule has 0 bridgehead atoms. The molecule has 1 fully saturated rings. The zero-order valence-electron chi connectivity index (χ0n) is 9.46. The molecule has 0 heterocycles. The Balaban J connectivity index is 1.89. The van der Waals surface area contributed by atoms with Gasteiger partial charge >= 0.3 is 0 Å². The van der Waals surface area contributed by atoms with Crippen LogP contribution in [-0.2, 0) is 10.0 Å². The summed E-state index contributed by atoms with van der Waals surface area (Å²) in [6.07, 6.45) is 7.52. The van der Waals surface area contributed by atoms with Gasteiger partial charge in [-0.25, -0.2) is 13.1 Å². The van der Waals surface area contributed by atoms with Crippen LogP contribution < -0.4 is 10.0 Å². The average molecular weight is 234 g/mol. The number of rotatable bonds is 7. The fourth-order valence-corrected chi connectivity index (χ4v) is 2.51. The van der Waals surface area contributed by atoms with Gasteiger partial charge in [-0.1, -0.05) is 12.8 Å². The first-order chi connectivity index (χ1) is 7.08. The van der Waals surface area contributed by atoms with Crippen LogP contribution in [0.5, 0.6) is 0 Å². The quantitative estimate of drug-likeness (QED) is 0.638. The third-order valence-corrected chi connectivity index (χ3v) is 3.53. The first-order valence-electron chi connectivity index (χ1n) is 5.73. The Bertz CT molecular complexity index is 259. The van der Waals surface area contributed by atoms with E-state index in [1.807, 2.05) is 0 Å². The van der Waals surface area contributed by atoms with Crippen LogP contribution in [0.2, 0.25) is 0 Å². The maximum atomic E-state index is 10.7. The van der Waals surface area contributed by atoms with Crippen LogP contribution in [-0.4, -0.2) is 34.3 Å². The van der Waals surface area contributed by atoms with Crippen molar-refractivity contribution < 1.29 is 8.42 Å². The van der Waals surface area contributed by atoms with E-state index in [1.54, 1.807) is 0 Å². The molecule has 0 aromatic rings. The predicted octanol–water partition coefficient (Wildman–Crippen LogP) is 0.705. The van der Waals surface area contributed by atoms with Gasteiger partial charge in [-0.15, -0.1) is 0 Å². The zero-order valence-corrected chi connectivity index (χ0v) is 10.3. The zero-order chi connectivity index (χ0) is 11.1. The lowest BCUT2D eigenvalue weighted by Crippen LogP contribution is -2.28. The predicted molar refractivity (Wildman–Crippen MR) is 62.3 cm³/mol. The summed E-state index contributed by atoms with van der Waals surface area (Å²) in [5.41, 5.74) is 0. The number of nitrogens with one attached hydrogen (secondary N) is 2. The minimum atomic E-state index is -3.00. The molecule has 4 nitrogen and oxygen atoms in total. The first kappa shape index (κ1) is 12.9. The minimum absolute atomic E-state index is 0.538. The lowest BCUT2D eigenvalue weighted by Gasteiger charge is -2.10. The van der Waals surface area contributed by atoms with Crippen LogP contribution in [0.25, 0.3) is 0 Å². The SMILES string of the molecule is CS(=O)(=O)NCCCNCC1CCCC1. The number of sulfonamides is 1. The van der Waals surface area contributed by atoms with Crippen molar-refractivity contribution in [1.82, 2.24) is 10.0 Å². The van der Waals surface area contributed by atoms with Gasteiger partial charge in [0.05, 0.1) is 6.26 Å². The minimum Gasteiger partial charge on any atom is -0.316 e. The molecule has 90 valence electrons. The Hall–Kier alpha value is -0.130. The van der Waals surface area contributed by atoms with Crippen molar-refractivity contribution >= 4 is 10.0 Å². The van der Waals surface area contributed by atoms with E-state index in [0.717, 1.165) is 25.4 Å². The van der Waals surface area contributed by atoms with Crippen molar-refractivity contribution in [3.05, 3.63) is 0 Å². The molecule has 5 heteroatoms. The standard InChI is InChI=1S/C10H22N2O2S/c1-15(13,14)12-8-4-7-11-9-10-5-2-3-6-10/h10-12H,2-9H2,1H3. The summed E-state index contributed by atoms with van der Waals surface area (Å²) in [5.74, 6) is 0.855. The first-order valence-corrected chi connectivity index (χ1v) is 7.62. The molecule has 0 aromatic heterocycles. The van der Waals surface area contributed by atoms with Crippen LogP contribution in [0.15, 0.2) is 0 Å². The summed E-state index contributed by atoms with van der Waals surface area (Å²) < 4.78 is 24.0. The van der Waals surface area contributed by atoms with Gasteiger partial charge in [0.2, 0.25) is 10.0 Å². The van der Waals surface area contributed by atoms with E-state index in [-0.39, 0.29) is 0 Å². The van der Waals surface area contributed by atoms with Gasteiger partial charge in [0, 0.05) is 6.54 Å². The van der Waals surface area contributed by atoms with Gasteiger partial charge in [0.1, 0.15) is 0 Å². The molecule has 0 amide bonds. The third-order valence-electron chi connectivity index (χ3n) is 2.80.